The Balaban J connectivity index is 1.47. The van der Waals surface area contributed by atoms with E-state index in [1.54, 1.807) is 6.20 Å². The van der Waals surface area contributed by atoms with Crippen LogP contribution < -0.4 is 5.32 Å². The molecule has 0 aliphatic rings. The third-order valence-electron chi connectivity index (χ3n) is 4.75. The van der Waals surface area contributed by atoms with Gasteiger partial charge < -0.3 is 5.32 Å². The van der Waals surface area contributed by atoms with Gasteiger partial charge in [-0.05, 0) is 24.6 Å². The van der Waals surface area contributed by atoms with E-state index in [9.17, 15) is 0 Å². The molecule has 3 aromatic heterocycles. The van der Waals surface area contributed by atoms with E-state index in [1.807, 2.05) is 42.6 Å². The number of anilines is 1. The van der Waals surface area contributed by atoms with Gasteiger partial charge in [-0.25, -0.2) is 19.9 Å². The quantitative estimate of drug-likeness (QED) is 0.496. The number of hydrogen-bond acceptors (Lipinski definition) is 6. The van der Waals surface area contributed by atoms with Crippen LogP contribution in [0.4, 0.5) is 5.95 Å². The molecule has 0 bridgehead atoms. The molecule has 0 fully saturated rings. The molecule has 1 atom stereocenters. The van der Waals surface area contributed by atoms with Gasteiger partial charge >= 0.3 is 0 Å². The third-order valence-corrected chi connectivity index (χ3v) is 4.75. The van der Waals surface area contributed by atoms with Crippen LogP contribution in [-0.4, -0.2) is 30.1 Å². The zero-order chi connectivity index (χ0) is 18.9. The van der Waals surface area contributed by atoms with Gasteiger partial charge in [-0.3, -0.25) is 5.10 Å². The Hall–Kier alpha value is -3.87. The first-order valence-electron chi connectivity index (χ1n) is 9.01. The predicted octanol–water partition coefficient (Wildman–Crippen LogP) is 4.14. The van der Waals surface area contributed by atoms with Crippen molar-refractivity contribution >= 4 is 27.9 Å². The average molecular weight is 367 g/mol. The summed E-state index contributed by atoms with van der Waals surface area (Å²) < 4.78 is 0. The predicted molar refractivity (Wildman–Crippen MR) is 109 cm³/mol. The number of aromatic amines is 1. The van der Waals surface area contributed by atoms with Crippen molar-refractivity contribution in [3.63, 3.8) is 0 Å². The minimum atomic E-state index is 0.119. The SMILES string of the molecule is C[C@H](Nc1ncc2cc(-c3ncnc4[nH]ncc34)ccc2n1)c1ccccc1. The van der Waals surface area contributed by atoms with E-state index in [2.05, 4.69) is 54.5 Å². The highest BCUT2D eigenvalue weighted by Crippen LogP contribution is 2.27. The highest BCUT2D eigenvalue weighted by molar-refractivity contribution is 5.93. The van der Waals surface area contributed by atoms with Crippen LogP contribution in [0, 0.1) is 0 Å². The summed E-state index contributed by atoms with van der Waals surface area (Å²) in [4.78, 5) is 17.8. The van der Waals surface area contributed by atoms with Crippen LogP contribution in [0.2, 0.25) is 0 Å². The molecule has 0 radical (unpaired) electrons. The minimum absolute atomic E-state index is 0.119. The van der Waals surface area contributed by atoms with Crippen LogP contribution in [0.1, 0.15) is 18.5 Å². The van der Waals surface area contributed by atoms with Crippen molar-refractivity contribution in [3.05, 3.63) is 72.8 Å². The number of nitrogens with zero attached hydrogens (tertiary/aromatic N) is 5. The molecule has 0 spiro atoms. The first kappa shape index (κ1) is 16.3. The largest absolute Gasteiger partial charge is 0.348 e. The molecule has 7 nitrogen and oxygen atoms in total. The normalized spacial score (nSPS) is 12.3. The van der Waals surface area contributed by atoms with Gasteiger partial charge in [-0.1, -0.05) is 36.4 Å². The molecule has 0 amide bonds. The Kier molecular flexibility index (Phi) is 3.90. The van der Waals surface area contributed by atoms with Crippen molar-refractivity contribution in [3.8, 4) is 11.3 Å². The van der Waals surface area contributed by atoms with Crippen molar-refractivity contribution in [1.29, 1.82) is 0 Å². The van der Waals surface area contributed by atoms with E-state index < -0.39 is 0 Å². The molecule has 0 saturated heterocycles. The molecule has 136 valence electrons. The standard InChI is InChI=1S/C21H17N7/c1-13(14-5-3-2-4-6-14)26-21-22-10-16-9-15(7-8-18(16)27-21)19-17-11-25-28-20(17)24-12-23-19/h2-13H,1H3,(H,22,26,27)(H,23,24,25,28)/t13-/m0/s1. The molecule has 2 N–H and O–H groups in total. The van der Waals surface area contributed by atoms with Gasteiger partial charge in [0, 0.05) is 17.1 Å². The van der Waals surface area contributed by atoms with Crippen molar-refractivity contribution in [2.45, 2.75) is 13.0 Å². The second-order valence-electron chi connectivity index (χ2n) is 6.60. The first-order valence-corrected chi connectivity index (χ1v) is 9.01. The van der Waals surface area contributed by atoms with Gasteiger partial charge in [0.05, 0.1) is 28.8 Å². The van der Waals surface area contributed by atoms with E-state index in [-0.39, 0.29) is 6.04 Å². The number of fused-ring (bicyclic) bond motifs is 2. The minimum Gasteiger partial charge on any atom is -0.348 e. The van der Waals surface area contributed by atoms with E-state index in [0.29, 0.717) is 5.95 Å². The molecule has 5 rings (SSSR count). The van der Waals surface area contributed by atoms with E-state index in [1.165, 1.54) is 11.9 Å². The fourth-order valence-corrected chi connectivity index (χ4v) is 3.26. The molecular weight excluding hydrogens is 350 g/mol. The van der Waals surface area contributed by atoms with Crippen LogP contribution in [-0.2, 0) is 0 Å². The fourth-order valence-electron chi connectivity index (χ4n) is 3.26. The van der Waals surface area contributed by atoms with E-state index in [4.69, 9.17) is 0 Å². The van der Waals surface area contributed by atoms with Crippen LogP contribution in [0.15, 0.2) is 67.3 Å². The zero-order valence-electron chi connectivity index (χ0n) is 15.2. The Bertz CT molecular complexity index is 1260. The number of hydrogen-bond donors (Lipinski definition) is 2. The summed E-state index contributed by atoms with van der Waals surface area (Å²) in [6.45, 7) is 2.09. The van der Waals surface area contributed by atoms with Gasteiger partial charge in [0.2, 0.25) is 5.95 Å². The molecule has 0 aliphatic carbocycles. The van der Waals surface area contributed by atoms with Crippen LogP contribution in [0.3, 0.4) is 0 Å². The topological polar surface area (TPSA) is 92.3 Å². The van der Waals surface area contributed by atoms with Gasteiger partial charge in [0.15, 0.2) is 5.65 Å². The Morgan fingerprint density at radius 2 is 1.86 bits per heavy atom. The first-order chi connectivity index (χ1) is 13.8. The molecular formula is C21H17N7. The van der Waals surface area contributed by atoms with Crippen molar-refractivity contribution < 1.29 is 0 Å². The number of rotatable bonds is 4. The monoisotopic (exact) mass is 367 g/mol. The lowest BCUT2D eigenvalue weighted by atomic mass is 10.1. The number of nitrogens with one attached hydrogen (secondary N) is 2. The summed E-state index contributed by atoms with van der Waals surface area (Å²) in [5, 5.41) is 12.1. The van der Waals surface area contributed by atoms with E-state index >= 15 is 0 Å². The van der Waals surface area contributed by atoms with Gasteiger partial charge in [0.1, 0.15) is 6.33 Å². The van der Waals surface area contributed by atoms with Crippen LogP contribution in [0.25, 0.3) is 33.2 Å². The maximum atomic E-state index is 4.65. The van der Waals surface area contributed by atoms with Gasteiger partial charge in [0.25, 0.3) is 0 Å². The number of aromatic nitrogens is 6. The molecule has 0 aliphatic heterocycles. The van der Waals surface area contributed by atoms with Gasteiger partial charge in [-0.2, -0.15) is 5.10 Å². The smallest absolute Gasteiger partial charge is 0.223 e. The summed E-state index contributed by atoms with van der Waals surface area (Å²) in [7, 11) is 0. The number of H-pyrrole nitrogens is 1. The van der Waals surface area contributed by atoms with Gasteiger partial charge in [-0.15, -0.1) is 0 Å². The molecule has 5 aromatic rings. The Morgan fingerprint density at radius 1 is 0.964 bits per heavy atom. The van der Waals surface area contributed by atoms with Crippen molar-refractivity contribution in [2.24, 2.45) is 0 Å². The summed E-state index contributed by atoms with van der Waals surface area (Å²) in [5.41, 5.74) is 4.59. The summed E-state index contributed by atoms with van der Waals surface area (Å²) in [5.74, 6) is 0.607. The highest BCUT2D eigenvalue weighted by atomic mass is 15.1. The van der Waals surface area contributed by atoms with Crippen molar-refractivity contribution in [2.75, 3.05) is 5.32 Å². The average Bonchev–Trinajstić information content (AvgIpc) is 3.23. The summed E-state index contributed by atoms with van der Waals surface area (Å²) in [6.07, 6.45) is 5.11. The van der Waals surface area contributed by atoms with E-state index in [0.717, 1.165) is 33.2 Å². The molecule has 0 saturated carbocycles. The van der Waals surface area contributed by atoms with Crippen LogP contribution in [0.5, 0.6) is 0 Å². The second-order valence-corrected chi connectivity index (χ2v) is 6.60. The lowest BCUT2D eigenvalue weighted by Crippen LogP contribution is -2.09. The maximum absolute atomic E-state index is 4.65. The molecule has 2 aromatic carbocycles. The molecule has 0 unspecified atom stereocenters. The second kappa shape index (κ2) is 6.70. The summed E-state index contributed by atoms with van der Waals surface area (Å²) in [6, 6.07) is 16.4. The lowest BCUT2D eigenvalue weighted by molar-refractivity contribution is 0.864. The molecule has 7 heteroatoms. The van der Waals surface area contributed by atoms with Crippen molar-refractivity contribution in [1.82, 2.24) is 30.1 Å². The highest BCUT2D eigenvalue weighted by Gasteiger charge is 2.11. The zero-order valence-corrected chi connectivity index (χ0v) is 15.2. The maximum Gasteiger partial charge on any atom is 0.223 e. The third kappa shape index (κ3) is 2.92. The number of benzene rings is 2. The Morgan fingerprint density at radius 3 is 2.75 bits per heavy atom. The lowest BCUT2D eigenvalue weighted by Gasteiger charge is -2.14. The van der Waals surface area contributed by atoms with Crippen LogP contribution >= 0.6 is 0 Å². The fraction of sp³-hybridized carbons (Fsp3) is 0.0952. The summed E-state index contributed by atoms with van der Waals surface area (Å²) >= 11 is 0. The Labute approximate surface area is 160 Å². The molecule has 3 heterocycles. The molecule has 28 heavy (non-hydrogen) atoms.